The van der Waals surface area contributed by atoms with Gasteiger partial charge in [0.05, 0.1) is 5.69 Å². The van der Waals surface area contributed by atoms with Crippen molar-refractivity contribution in [2.75, 3.05) is 19.6 Å². The minimum atomic E-state index is -0.200. The van der Waals surface area contributed by atoms with E-state index in [0.29, 0.717) is 37.3 Å². The second-order valence-corrected chi connectivity index (χ2v) is 8.00. The minimum Gasteiger partial charge on any atom is -0.370 e. The van der Waals surface area contributed by atoms with Gasteiger partial charge in [0.15, 0.2) is 5.96 Å². The number of piperidine rings is 1. The number of benzene rings is 2. The molecular formula is C25H29FN4O. The summed E-state index contributed by atoms with van der Waals surface area (Å²) in [5, 5.41) is 4.15. The molecule has 0 unspecified atom stereocenters. The molecule has 1 fully saturated rings. The van der Waals surface area contributed by atoms with Gasteiger partial charge in [-0.05, 0) is 49.3 Å². The summed E-state index contributed by atoms with van der Waals surface area (Å²) in [4.78, 5) is 6.63. The number of nitrogens with zero attached hydrogens (tertiary/aromatic N) is 3. The molecule has 2 N–H and O–H groups in total. The quantitative estimate of drug-likeness (QED) is 0.448. The molecule has 1 aliphatic heterocycles. The molecule has 6 heteroatoms. The van der Waals surface area contributed by atoms with E-state index in [2.05, 4.69) is 15.0 Å². The molecule has 2 aromatic carbocycles. The lowest BCUT2D eigenvalue weighted by molar-refractivity contribution is 0.337. The van der Waals surface area contributed by atoms with Gasteiger partial charge in [0.1, 0.15) is 11.6 Å². The number of rotatable bonds is 7. The Kier molecular flexibility index (Phi) is 6.97. The summed E-state index contributed by atoms with van der Waals surface area (Å²) in [6, 6.07) is 17.0. The standard InChI is InChI=1S/C25H29FN4O/c26-24-17-19(10-12-23(24)20-7-3-1-4-8-20)9-11-21-18-22(31-29-21)13-14-28-25(27)30-15-5-2-6-16-30/h1,3-4,7-8,10,12,17-18H,2,5-6,9,11,13-16H2,(H2,27,28). The first-order valence-corrected chi connectivity index (χ1v) is 11.0. The molecule has 0 saturated carbocycles. The van der Waals surface area contributed by atoms with Crippen molar-refractivity contribution in [2.24, 2.45) is 10.7 Å². The van der Waals surface area contributed by atoms with E-state index in [0.717, 1.165) is 35.7 Å². The number of aromatic nitrogens is 1. The van der Waals surface area contributed by atoms with Crippen LogP contribution in [0.15, 0.2) is 64.1 Å². The van der Waals surface area contributed by atoms with Crippen molar-refractivity contribution in [3.05, 3.63) is 77.4 Å². The molecule has 3 aromatic rings. The maximum absolute atomic E-state index is 14.5. The van der Waals surface area contributed by atoms with Gasteiger partial charge in [-0.3, -0.25) is 4.99 Å². The van der Waals surface area contributed by atoms with Crippen molar-refractivity contribution in [3.63, 3.8) is 0 Å². The highest BCUT2D eigenvalue weighted by Gasteiger charge is 2.12. The third kappa shape index (κ3) is 5.72. The fourth-order valence-corrected chi connectivity index (χ4v) is 3.93. The highest BCUT2D eigenvalue weighted by molar-refractivity contribution is 5.78. The van der Waals surface area contributed by atoms with Gasteiger partial charge in [-0.15, -0.1) is 0 Å². The number of guanidine groups is 1. The second kappa shape index (κ2) is 10.2. The molecule has 1 aliphatic rings. The van der Waals surface area contributed by atoms with Gasteiger partial charge in [0.2, 0.25) is 0 Å². The fourth-order valence-electron chi connectivity index (χ4n) is 3.93. The number of halogens is 1. The molecule has 0 spiro atoms. The van der Waals surface area contributed by atoms with Crippen LogP contribution in [-0.4, -0.2) is 35.7 Å². The fraction of sp³-hybridized carbons (Fsp3) is 0.360. The van der Waals surface area contributed by atoms with Crippen molar-refractivity contribution in [1.82, 2.24) is 10.1 Å². The Morgan fingerprint density at radius 1 is 1.00 bits per heavy atom. The van der Waals surface area contributed by atoms with Crippen molar-refractivity contribution >= 4 is 5.96 Å². The van der Waals surface area contributed by atoms with E-state index >= 15 is 0 Å². The predicted octanol–water partition coefficient (Wildman–Crippen LogP) is 4.61. The van der Waals surface area contributed by atoms with Crippen molar-refractivity contribution in [2.45, 2.75) is 38.5 Å². The molecule has 31 heavy (non-hydrogen) atoms. The van der Waals surface area contributed by atoms with Crippen LogP contribution < -0.4 is 5.73 Å². The average Bonchev–Trinajstić information content (AvgIpc) is 3.26. The maximum Gasteiger partial charge on any atom is 0.191 e. The van der Waals surface area contributed by atoms with Gasteiger partial charge in [-0.2, -0.15) is 0 Å². The van der Waals surface area contributed by atoms with Gasteiger partial charge >= 0.3 is 0 Å². The SMILES string of the molecule is NC(=NCCc1cc(CCc2ccc(-c3ccccc3)c(F)c2)no1)N1CCCCC1. The number of hydrogen-bond donors (Lipinski definition) is 1. The summed E-state index contributed by atoms with van der Waals surface area (Å²) >= 11 is 0. The zero-order valence-electron chi connectivity index (χ0n) is 17.8. The minimum absolute atomic E-state index is 0.200. The summed E-state index contributed by atoms with van der Waals surface area (Å²) in [5.74, 6) is 1.23. The summed E-state index contributed by atoms with van der Waals surface area (Å²) in [6.07, 6.45) is 5.71. The Hall–Kier alpha value is -3.15. The van der Waals surface area contributed by atoms with Crippen LogP contribution in [0.5, 0.6) is 0 Å². The average molecular weight is 421 g/mol. The van der Waals surface area contributed by atoms with Crippen molar-refractivity contribution < 1.29 is 8.91 Å². The molecule has 0 aliphatic carbocycles. The molecule has 2 heterocycles. The van der Waals surface area contributed by atoms with E-state index in [9.17, 15) is 4.39 Å². The monoisotopic (exact) mass is 420 g/mol. The molecule has 4 rings (SSSR count). The zero-order valence-corrected chi connectivity index (χ0v) is 17.8. The first-order valence-electron chi connectivity index (χ1n) is 11.0. The molecule has 0 amide bonds. The molecular weight excluding hydrogens is 391 g/mol. The van der Waals surface area contributed by atoms with Crippen LogP contribution in [-0.2, 0) is 19.3 Å². The highest BCUT2D eigenvalue weighted by Crippen LogP contribution is 2.24. The second-order valence-electron chi connectivity index (χ2n) is 8.00. The normalized spacial score (nSPS) is 14.7. The van der Waals surface area contributed by atoms with Gasteiger partial charge in [-0.1, -0.05) is 47.6 Å². The molecule has 162 valence electrons. The predicted molar refractivity (Wildman–Crippen MR) is 121 cm³/mol. The van der Waals surface area contributed by atoms with Gasteiger partial charge in [0.25, 0.3) is 0 Å². The number of aryl methyl sites for hydroxylation is 2. The van der Waals surface area contributed by atoms with Crippen LogP contribution in [0.1, 0.15) is 36.3 Å². The first kappa shape index (κ1) is 21.1. The van der Waals surface area contributed by atoms with Gasteiger partial charge in [-0.25, -0.2) is 4.39 Å². The van der Waals surface area contributed by atoms with Gasteiger partial charge in [0, 0.05) is 37.7 Å². The summed E-state index contributed by atoms with van der Waals surface area (Å²) in [5.41, 5.74) is 9.41. The van der Waals surface area contributed by atoms with Crippen molar-refractivity contribution in [1.29, 1.82) is 0 Å². The molecule has 5 nitrogen and oxygen atoms in total. The molecule has 0 radical (unpaired) electrons. The number of hydrogen-bond acceptors (Lipinski definition) is 3. The number of likely N-dealkylation sites (tertiary alicyclic amines) is 1. The van der Waals surface area contributed by atoms with Crippen molar-refractivity contribution in [3.8, 4) is 11.1 Å². The first-order chi connectivity index (χ1) is 15.2. The topological polar surface area (TPSA) is 67.6 Å². The van der Waals surface area contributed by atoms with Crippen LogP contribution >= 0.6 is 0 Å². The molecule has 0 bridgehead atoms. The lowest BCUT2D eigenvalue weighted by Gasteiger charge is -2.27. The van der Waals surface area contributed by atoms with E-state index in [4.69, 9.17) is 10.3 Å². The third-order valence-corrected chi connectivity index (χ3v) is 5.71. The Morgan fingerprint density at radius 3 is 2.58 bits per heavy atom. The lowest BCUT2D eigenvalue weighted by Crippen LogP contribution is -2.41. The van der Waals surface area contributed by atoms with E-state index in [1.165, 1.54) is 19.3 Å². The molecule has 0 atom stereocenters. The Bertz CT molecular complexity index is 1010. The van der Waals surface area contributed by atoms with Crippen LogP contribution in [0.25, 0.3) is 11.1 Å². The van der Waals surface area contributed by atoms with Crippen LogP contribution in [0.3, 0.4) is 0 Å². The number of nitrogens with two attached hydrogens (primary N) is 1. The smallest absolute Gasteiger partial charge is 0.191 e. The van der Waals surface area contributed by atoms with Crippen LogP contribution in [0, 0.1) is 5.82 Å². The zero-order chi connectivity index (χ0) is 21.5. The Morgan fingerprint density at radius 2 is 1.81 bits per heavy atom. The summed E-state index contributed by atoms with van der Waals surface area (Å²) in [7, 11) is 0. The molecule has 1 aromatic heterocycles. The summed E-state index contributed by atoms with van der Waals surface area (Å²) in [6.45, 7) is 2.58. The van der Waals surface area contributed by atoms with Gasteiger partial charge < -0.3 is 15.2 Å². The lowest BCUT2D eigenvalue weighted by atomic mass is 10.0. The van der Waals surface area contributed by atoms with E-state index in [1.54, 1.807) is 6.07 Å². The maximum atomic E-state index is 14.5. The highest BCUT2D eigenvalue weighted by atomic mass is 19.1. The van der Waals surface area contributed by atoms with Crippen LogP contribution in [0.4, 0.5) is 4.39 Å². The van der Waals surface area contributed by atoms with E-state index in [-0.39, 0.29) is 5.82 Å². The van der Waals surface area contributed by atoms with E-state index in [1.807, 2.05) is 48.5 Å². The third-order valence-electron chi connectivity index (χ3n) is 5.71. The Balaban J connectivity index is 1.28. The summed E-state index contributed by atoms with van der Waals surface area (Å²) < 4.78 is 20.0. The number of aliphatic imine (C=N–C) groups is 1. The molecule has 1 saturated heterocycles. The Labute approximate surface area is 182 Å². The largest absolute Gasteiger partial charge is 0.370 e. The van der Waals surface area contributed by atoms with Crippen LogP contribution in [0.2, 0.25) is 0 Å². The van der Waals surface area contributed by atoms with E-state index < -0.39 is 0 Å².